The van der Waals surface area contributed by atoms with E-state index in [1.165, 1.54) is 4.90 Å². The van der Waals surface area contributed by atoms with E-state index in [9.17, 15) is 9.59 Å². The largest absolute Gasteiger partial charge is 0.375 e. The number of rotatable bonds is 8. The molecule has 2 amide bonds. The van der Waals surface area contributed by atoms with Crippen molar-refractivity contribution in [2.24, 2.45) is 0 Å². The third kappa shape index (κ3) is 4.56. The van der Waals surface area contributed by atoms with Crippen LogP contribution in [-0.2, 0) is 14.3 Å². The lowest BCUT2D eigenvalue weighted by atomic mass is 9.98. The molecule has 0 aliphatic carbocycles. The highest BCUT2D eigenvalue weighted by Crippen LogP contribution is 2.27. The molecule has 1 aliphatic heterocycles. The molecular formula is C15H28N2O3. The topological polar surface area (TPSA) is 58.6 Å². The summed E-state index contributed by atoms with van der Waals surface area (Å²) in [4.78, 5) is 25.0. The second-order valence-electron chi connectivity index (χ2n) is 6.65. The fraction of sp³-hybridized carbons (Fsp3) is 0.867. The lowest BCUT2D eigenvalue weighted by Crippen LogP contribution is -2.48. The zero-order valence-electron chi connectivity index (χ0n) is 13.4. The van der Waals surface area contributed by atoms with Crippen LogP contribution >= 0.6 is 0 Å². The van der Waals surface area contributed by atoms with Gasteiger partial charge in [-0.1, -0.05) is 0 Å². The molecule has 0 spiro atoms. The van der Waals surface area contributed by atoms with Crippen LogP contribution in [0.2, 0.25) is 0 Å². The summed E-state index contributed by atoms with van der Waals surface area (Å²) in [7, 11) is 1.92. The maximum Gasteiger partial charge on any atom is 0.230 e. The highest BCUT2D eigenvalue weighted by atomic mass is 16.5. The van der Waals surface area contributed by atoms with Gasteiger partial charge in [-0.05, 0) is 54.1 Å². The SMILES string of the molecule is CNCCC(C)(C)OCCC(C)(C)N1C(=O)CCC1=O. The van der Waals surface area contributed by atoms with E-state index in [0.29, 0.717) is 25.9 Å². The molecule has 1 heterocycles. The van der Waals surface area contributed by atoms with Gasteiger partial charge in [0.05, 0.1) is 5.60 Å². The van der Waals surface area contributed by atoms with Crippen molar-refractivity contribution in [2.45, 2.75) is 64.5 Å². The molecule has 0 aromatic carbocycles. The number of carbonyl (C=O) groups is 2. The van der Waals surface area contributed by atoms with Crippen LogP contribution in [-0.4, -0.2) is 48.1 Å². The normalized spacial score (nSPS) is 17.1. The van der Waals surface area contributed by atoms with Gasteiger partial charge in [-0.25, -0.2) is 0 Å². The second kappa shape index (κ2) is 6.68. The Kier molecular flexibility index (Phi) is 5.71. The van der Waals surface area contributed by atoms with Gasteiger partial charge in [-0.15, -0.1) is 0 Å². The average molecular weight is 284 g/mol. The Morgan fingerprint density at radius 3 is 2.15 bits per heavy atom. The average Bonchev–Trinajstić information content (AvgIpc) is 2.66. The van der Waals surface area contributed by atoms with Gasteiger partial charge in [0.15, 0.2) is 0 Å². The number of carbonyl (C=O) groups excluding carboxylic acids is 2. The fourth-order valence-corrected chi connectivity index (χ4v) is 2.44. The Labute approximate surface area is 122 Å². The molecule has 0 unspecified atom stereocenters. The minimum absolute atomic E-state index is 0.0607. The van der Waals surface area contributed by atoms with E-state index in [1.807, 2.05) is 20.9 Å². The van der Waals surface area contributed by atoms with E-state index >= 15 is 0 Å². The number of nitrogens with one attached hydrogen (secondary N) is 1. The highest BCUT2D eigenvalue weighted by molar-refractivity contribution is 6.02. The minimum atomic E-state index is -0.468. The number of hydrogen-bond donors (Lipinski definition) is 1. The standard InChI is InChI=1S/C15H28N2O3/c1-14(2,17-12(18)6-7-13(17)19)9-11-20-15(3,4)8-10-16-5/h16H,6-11H2,1-5H3. The van der Waals surface area contributed by atoms with Crippen molar-refractivity contribution in [3.8, 4) is 0 Å². The van der Waals surface area contributed by atoms with Gasteiger partial charge in [0.2, 0.25) is 11.8 Å². The first-order valence-electron chi connectivity index (χ1n) is 7.34. The van der Waals surface area contributed by atoms with Crippen molar-refractivity contribution >= 4 is 11.8 Å². The Morgan fingerprint density at radius 1 is 1.10 bits per heavy atom. The number of nitrogens with zero attached hydrogens (tertiary/aromatic N) is 1. The smallest absolute Gasteiger partial charge is 0.230 e. The monoisotopic (exact) mass is 284 g/mol. The molecule has 0 bridgehead atoms. The first kappa shape index (κ1) is 17.1. The van der Waals surface area contributed by atoms with Gasteiger partial charge in [0, 0.05) is 25.0 Å². The van der Waals surface area contributed by atoms with E-state index in [2.05, 4.69) is 19.2 Å². The summed E-state index contributed by atoms with van der Waals surface area (Å²) < 4.78 is 5.91. The van der Waals surface area contributed by atoms with Gasteiger partial charge in [-0.3, -0.25) is 14.5 Å². The maximum absolute atomic E-state index is 11.8. The van der Waals surface area contributed by atoms with Gasteiger partial charge >= 0.3 is 0 Å². The fourth-order valence-electron chi connectivity index (χ4n) is 2.44. The predicted molar refractivity (Wildman–Crippen MR) is 78.4 cm³/mol. The summed E-state index contributed by atoms with van der Waals surface area (Å²) in [5.74, 6) is -0.121. The van der Waals surface area contributed by atoms with Crippen molar-refractivity contribution in [1.82, 2.24) is 10.2 Å². The number of hydrogen-bond acceptors (Lipinski definition) is 4. The Morgan fingerprint density at radius 2 is 1.65 bits per heavy atom. The summed E-state index contributed by atoms with van der Waals surface area (Å²) in [6.45, 7) is 9.42. The van der Waals surface area contributed by atoms with Crippen molar-refractivity contribution in [3.63, 3.8) is 0 Å². The Hall–Kier alpha value is -0.940. The molecule has 116 valence electrons. The zero-order valence-corrected chi connectivity index (χ0v) is 13.4. The highest BCUT2D eigenvalue weighted by Gasteiger charge is 2.39. The molecular weight excluding hydrogens is 256 g/mol. The number of imide groups is 1. The van der Waals surface area contributed by atoms with Crippen molar-refractivity contribution < 1.29 is 14.3 Å². The molecule has 1 saturated heterocycles. The summed E-state index contributed by atoms with van der Waals surface area (Å²) in [5, 5.41) is 3.11. The number of ether oxygens (including phenoxy) is 1. The van der Waals surface area contributed by atoms with Crippen LogP contribution in [0.5, 0.6) is 0 Å². The van der Waals surface area contributed by atoms with E-state index in [-0.39, 0.29) is 17.4 Å². The lowest BCUT2D eigenvalue weighted by Gasteiger charge is -2.35. The van der Waals surface area contributed by atoms with E-state index < -0.39 is 5.54 Å². The molecule has 0 radical (unpaired) electrons. The molecule has 1 rings (SSSR count). The molecule has 20 heavy (non-hydrogen) atoms. The van der Waals surface area contributed by atoms with Crippen molar-refractivity contribution in [1.29, 1.82) is 0 Å². The van der Waals surface area contributed by atoms with Gasteiger partial charge in [0.1, 0.15) is 0 Å². The van der Waals surface area contributed by atoms with Crippen molar-refractivity contribution in [2.75, 3.05) is 20.2 Å². The van der Waals surface area contributed by atoms with Gasteiger partial charge < -0.3 is 10.1 Å². The Balaban J connectivity index is 2.47. The van der Waals surface area contributed by atoms with Crippen LogP contribution in [0.25, 0.3) is 0 Å². The molecule has 5 nitrogen and oxygen atoms in total. The van der Waals surface area contributed by atoms with Gasteiger partial charge in [0.25, 0.3) is 0 Å². The van der Waals surface area contributed by atoms with Crippen molar-refractivity contribution in [3.05, 3.63) is 0 Å². The predicted octanol–water partition coefficient (Wildman–Crippen LogP) is 1.71. The quantitative estimate of drug-likeness (QED) is 0.689. The zero-order chi connectivity index (χ0) is 15.4. The van der Waals surface area contributed by atoms with Gasteiger partial charge in [-0.2, -0.15) is 0 Å². The van der Waals surface area contributed by atoms with Crippen LogP contribution in [0.1, 0.15) is 53.4 Å². The van der Waals surface area contributed by atoms with E-state index in [1.54, 1.807) is 0 Å². The molecule has 0 saturated carbocycles. The second-order valence-corrected chi connectivity index (χ2v) is 6.65. The molecule has 0 atom stereocenters. The van der Waals surface area contributed by atoms with Crippen LogP contribution in [0.15, 0.2) is 0 Å². The van der Waals surface area contributed by atoms with E-state index in [4.69, 9.17) is 4.74 Å². The first-order chi connectivity index (χ1) is 9.19. The molecule has 1 N–H and O–H groups in total. The molecule has 1 aliphatic rings. The summed E-state index contributed by atoms with van der Waals surface area (Å²) >= 11 is 0. The van der Waals surface area contributed by atoms with Crippen LogP contribution in [0, 0.1) is 0 Å². The third-order valence-corrected chi connectivity index (χ3v) is 3.84. The Bertz CT molecular complexity index is 348. The lowest BCUT2D eigenvalue weighted by molar-refractivity contribution is -0.145. The van der Waals surface area contributed by atoms with Crippen LogP contribution in [0.4, 0.5) is 0 Å². The summed E-state index contributed by atoms with van der Waals surface area (Å²) in [5.41, 5.74) is -0.665. The van der Waals surface area contributed by atoms with Crippen LogP contribution < -0.4 is 5.32 Å². The van der Waals surface area contributed by atoms with E-state index in [0.717, 1.165) is 13.0 Å². The maximum atomic E-state index is 11.8. The van der Waals surface area contributed by atoms with Crippen LogP contribution in [0.3, 0.4) is 0 Å². The first-order valence-corrected chi connectivity index (χ1v) is 7.34. The molecule has 0 aromatic heterocycles. The molecule has 5 heteroatoms. The number of likely N-dealkylation sites (tertiary alicyclic amines) is 1. The minimum Gasteiger partial charge on any atom is -0.375 e. The number of amides is 2. The summed E-state index contributed by atoms with van der Waals surface area (Å²) in [6, 6.07) is 0. The summed E-state index contributed by atoms with van der Waals surface area (Å²) in [6.07, 6.45) is 2.27. The molecule has 0 aromatic rings. The molecule has 1 fully saturated rings. The third-order valence-electron chi connectivity index (χ3n) is 3.84.